The molecule has 0 bridgehead atoms. The maximum Gasteiger partial charge on any atom is 0.354 e. The molecular formula is C27H38N2O4SSi. The van der Waals surface area contributed by atoms with E-state index in [0.717, 1.165) is 35.4 Å². The van der Waals surface area contributed by atoms with Crippen LogP contribution >= 0.6 is 11.3 Å². The highest BCUT2D eigenvalue weighted by Gasteiger charge is 2.36. The first-order valence-corrected chi connectivity index (χ1v) is 16.0. The van der Waals surface area contributed by atoms with Gasteiger partial charge in [0, 0.05) is 18.8 Å². The van der Waals surface area contributed by atoms with Crippen molar-refractivity contribution in [3.8, 4) is 0 Å². The fourth-order valence-corrected chi connectivity index (χ4v) is 5.75. The van der Waals surface area contributed by atoms with Gasteiger partial charge in [0.05, 0.1) is 17.3 Å². The number of likely N-dealkylation sites (N-methyl/N-ethyl adjacent to an activating group) is 1. The van der Waals surface area contributed by atoms with Gasteiger partial charge in [-0.25, -0.2) is 4.79 Å². The molecule has 0 unspecified atom stereocenters. The lowest BCUT2D eigenvalue weighted by atomic mass is 10.1. The number of hydrogen-bond donors (Lipinski definition) is 0. The molecule has 2 aromatic heterocycles. The fourth-order valence-electron chi connectivity index (χ4n) is 3.84. The van der Waals surface area contributed by atoms with E-state index in [1.807, 2.05) is 30.5 Å². The number of carbonyl (C=O) groups is 2. The van der Waals surface area contributed by atoms with Crippen LogP contribution in [0.3, 0.4) is 0 Å². The van der Waals surface area contributed by atoms with Crippen molar-refractivity contribution in [2.24, 2.45) is 0 Å². The first kappa shape index (κ1) is 27.2. The molecular weight excluding hydrogens is 476 g/mol. The minimum Gasteiger partial charge on any atom is -0.464 e. The minimum atomic E-state index is -1.74. The fraction of sp³-hybridized carbons (Fsp3) is 0.481. The van der Waals surface area contributed by atoms with Gasteiger partial charge >= 0.3 is 5.97 Å². The lowest BCUT2D eigenvalue weighted by molar-refractivity contribution is -0.119. The number of benzene rings is 1. The second-order valence-corrected chi connectivity index (χ2v) is 16.1. The molecule has 1 aromatic carbocycles. The van der Waals surface area contributed by atoms with Crippen molar-refractivity contribution in [1.29, 1.82) is 0 Å². The quantitative estimate of drug-likeness (QED) is 0.176. The lowest BCUT2D eigenvalue weighted by Gasteiger charge is -2.36. The molecule has 1 amide bonds. The van der Waals surface area contributed by atoms with Gasteiger partial charge in [-0.15, -0.1) is 11.3 Å². The van der Waals surface area contributed by atoms with E-state index in [1.165, 1.54) is 12.7 Å². The number of aryl methyl sites for hydroxylation is 1. The van der Waals surface area contributed by atoms with Crippen molar-refractivity contribution in [3.63, 3.8) is 0 Å². The van der Waals surface area contributed by atoms with E-state index in [4.69, 9.17) is 9.16 Å². The molecule has 0 aliphatic rings. The molecule has 3 rings (SSSR count). The van der Waals surface area contributed by atoms with Crippen molar-refractivity contribution in [2.75, 3.05) is 25.2 Å². The first-order valence-electron chi connectivity index (χ1n) is 12.2. The number of thiophene rings is 1. The van der Waals surface area contributed by atoms with Crippen LogP contribution in [0, 0.1) is 0 Å². The number of amides is 1. The van der Waals surface area contributed by atoms with E-state index >= 15 is 0 Å². The predicted molar refractivity (Wildman–Crippen MR) is 147 cm³/mol. The highest BCUT2D eigenvalue weighted by molar-refractivity contribution is 7.17. The van der Waals surface area contributed by atoms with Gasteiger partial charge in [0.1, 0.15) is 12.2 Å². The Labute approximate surface area is 214 Å². The van der Waals surface area contributed by atoms with E-state index in [9.17, 15) is 9.59 Å². The van der Waals surface area contributed by atoms with Gasteiger partial charge in [-0.05, 0) is 73.1 Å². The third kappa shape index (κ3) is 6.23. The first-order chi connectivity index (χ1) is 16.5. The predicted octanol–water partition coefficient (Wildman–Crippen LogP) is 6.50. The number of fused-ring (bicyclic) bond motifs is 1. The Morgan fingerprint density at radius 3 is 2.54 bits per heavy atom. The van der Waals surface area contributed by atoms with Crippen molar-refractivity contribution in [1.82, 2.24) is 4.57 Å². The normalized spacial score (nSPS) is 12.2. The molecule has 0 aliphatic heterocycles. The second kappa shape index (κ2) is 11.1. The Morgan fingerprint density at radius 2 is 1.89 bits per heavy atom. The highest BCUT2D eigenvalue weighted by atomic mass is 32.1. The summed E-state index contributed by atoms with van der Waals surface area (Å²) in [5.41, 5.74) is 3.32. The topological polar surface area (TPSA) is 60.8 Å². The summed E-state index contributed by atoms with van der Waals surface area (Å²) in [5, 5.41) is 2.17. The molecule has 6 nitrogen and oxygen atoms in total. The third-order valence-corrected chi connectivity index (χ3v) is 12.3. The van der Waals surface area contributed by atoms with E-state index in [0.29, 0.717) is 12.2 Å². The third-order valence-electron chi connectivity index (χ3n) is 6.93. The number of anilines is 1. The van der Waals surface area contributed by atoms with Gasteiger partial charge in [-0.3, -0.25) is 4.79 Å². The monoisotopic (exact) mass is 514 g/mol. The molecule has 0 aliphatic carbocycles. The van der Waals surface area contributed by atoms with E-state index in [2.05, 4.69) is 46.0 Å². The molecule has 35 heavy (non-hydrogen) atoms. The van der Waals surface area contributed by atoms with Crippen LogP contribution in [0.4, 0.5) is 5.69 Å². The van der Waals surface area contributed by atoms with Gasteiger partial charge < -0.3 is 18.6 Å². The van der Waals surface area contributed by atoms with Crippen LogP contribution in [-0.4, -0.2) is 45.0 Å². The Morgan fingerprint density at radius 1 is 1.14 bits per heavy atom. The summed E-state index contributed by atoms with van der Waals surface area (Å²) in [7, 11) is -0.384. The van der Waals surface area contributed by atoms with Crippen LogP contribution in [0.25, 0.3) is 10.2 Å². The lowest BCUT2D eigenvalue weighted by Crippen LogP contribution is -2.41. The molecule has 0 saturated carbocycles. The molecule has 0 atom stereocenters. The van der Waals surface area contributed by atoms with Gasteiger partial charge in [0.25, 0.3) is 0 Å². The molecule has 0 fully saturated rings. The zero-order chi connectivity index (χ0) is 25.8. The van der Waals surface area contributed by atoms with Gasteiger partial charge in [0.2, 0.25) is 5.91 Å². The summed E-state index contributed by atoms with van der Waals surface area (Å²) in [6.07, 6.45) is 1.84. The van der Waals surface area contributed by atoms with Crippen LogP contribution < -0.4 is 4.90 Å². The van der Waals surface area contributed by atoms with Crippen molar-refractivity contribution in [3.05, 3.63) is 53.0 Å². The number of rotatable bonds is 10. The number of ether oxygens (including phenoxy) is 1. The molecule has 0 radical (unpaired) electrons. The largest absolute Gasteiger partial charge is 0.464 e. The smallest absolute Gasteiger partial charge is 0.354 e. The average Bonchev–Trinajstić information content (AvgIpc) is 3.39. The van der Waals surface area contributed by atoms with E-state index in [1.54, 1.807) is 26.9 Å². The van der Waals surface area contributed by atoms with Crippen LogP contribution in [0.5, 0.6) is 0 Å². The number of nitrogens with zero attached hydrogens (tertiary/aromatic N) is 2. The number of methoxy groups -OCH3 is 1. The van der Waals surface area contributed by atoms with Crippen LogP contribution in [-0.2, 0) is 26.9 Å². The number of carbonyl (C=O) groups excluding carboxylic acids is 2. The SMILES string of the molecule is CCN(C(=O)Cn1c(C(=O)OC)cc2sccc21)c1cccc(CCCO[Si](C)(C)C(C)(C)C)c1. The molecule has 8 heteroatoms. The highest BCUT2D eigenvalue weighted by Crippen LogP contribution is 2.36. The summed E-state index contributed by atoms with van der Waals surface area (Å²) in [5.74, 6) is -0.508. The van der Waals surface area contributed by atoms with Crippen LogP contribution in [0.1, 0.15) is 50.2 Å². The van der Waals surface area contributed by atoms with Gasteiger partial charge in [0.15, 0.2) is 8.32 Å². The molecule has 0 spiro atoms. The standard InChI is InChI=1S/C27H38N2O4SSi/c1-8-28(25(30)19-29-22-14-16-34-24(22)18-23(29)26(31)32-5)21-13-9-11-20(17-21)12-10-15-33-35(6,7)27(2,3)4/h9,11,13-14,16-18H,8,10,12,15,19H2,1-7H3. The second-order valence-electron chi connectivity index (χ2n) is 10.3. The summed E-state index contributed by atoms with van der Waals surface area (Å²) >= 11 is 1.54. The Bertz CT molecular complexity index is 1180. The average molecular weight is 515 g/mol. The van der Waals surface area contributed by atoms with Crippen LogP contribution in [0.2, 0.25) is 18.1 Å². The molecule has 190 valence electrons. The zero-order valence-corrected chi connectivity index (χ0v) is 23.8. The Hall–Kier alpha value is -2.42. The van der Waals surface area contributed by atoms with E-state index in [-0.39, 0.29) is 17.5 Å². The molecule has 2 heterocycles. The number of esters is 1. The Kier molecular flexibility index (Phi) is 8.61. The van der Waals surface area contributed by atoms with Gasteiger partial charge in [-0.2, -0.15) is 0 Å². The van der Waals surface area contributed by atoms with Crippen molar-refractivity contribution in [2.45, 2.75) is 65.2 Å². The van der Waals surface area contributed by atoms with E-state index < -0.39 is 14.3 Å². The van der Waals surface area contributed by atoms with Crippen LogP contribution in [0.15, 0.2) is 41.8 Å². The Balaban J connectivity index is 1.70. The summed E-state index contributed by atoms with van der Waals surface area (Å²) in [6, 6.07) is 11.9. The molecule has 0 saturated heterocycles. The van der Waals surface area contributed by atoms with Crippen molar-refractivity contribution < 1.29 is 18.8 Å². The maximum atomic E-state index is 13.4. The molecule has 3 aromatic rings. The maximum absolute atomic E-state index is 13.4. The summed E-state index contributed by atoms with van der Waals surface area (Å²) in [6.45, 7) is 14.6. The number of aromatic nitrogens is 1. The van der Waals surface area contributed by atoms with Crippen molar-refractivity contribution >= 4 is 47.4 Å². The summed E-state index contributed by atoms with van der Waals surface area (Å²) < 4.78 is 14.0. The summed E-state index contributed by atoms with van der Waals surface area (Å²) in [4.78, 5) is 27.5. The minimum absolute atomic E-state index is 0.0697. The molecule has 0 N–H and O–H groups in total. The zero-order valence-electron chi connectivity index (χ0n) is 22.0. The number of hydrogen-bond acceptors (Lipinski definition) is 5. The van der Waals surface area contributed by atoms with Gasteiger partial charge in [-0.1, -0.05) is 32.9 Å².